The molecule has 1 aliphatic heterocycles. The highest BCUT2D eigenvalue weighted by atomic mass is 35.5. The van der Waals surface area contributed by atoms with Gasteiger partial charge in [-0.1, -0.05) is 17.7 Å². The molecule has 1 unspecified atom stereocenters. The Balaban J connectivity index is 2.30. The first-order valence-electron chi connectivity index (χ1n) is 6.08. The van der Waals surface area contributed by atoms with Crippen LogP contribution < -0.4 is 4.90 Å². The van der Waals surface area contributed by atoms with Crippen molar-refractivity contribution in [3.05, 3.63) is 28.8 Å². The molecule has 94 valence electrons. The van der Waals surface area contributed by atoms with E-state index in [1.54, 1.807) is 0 Å². The van der Waals surface area contributed by atoms with Gasteiger partial charge in [-0.25, -0.2) is 0 Å². The summed E-state index contributed by atoms with van der Waals surface area (Å²) in [4.78, 5) is 2.35. The molecular formula is C14H20ClNO. The molecule has 1 N–H and O–H groups in total. The van der Waals surface area contributed by atoms with Crippen LogP contribution in [0.4, 0.5) is 5.69 Å². The second-order valence-corrected chi connectivity index (χ2v) is 6.02. The second kappa shape index (κ2) is 4.51. The molecule has 1 aromatic carbocycles. The molecule has 0 saturated carbocycles. The molecular weight excluding hydrogens is 234 g/mol. The summed E-state index contributed by atoms with van der Waals surface area (Å²) in [5.74, 6) is 0.366. The quantitative estimate of drug-likeness (QED) is 0.875. The van der Waals surface area contributed by atoms with Crippen molar-refractivity contribution < 1.29 is 5.11 Å². The number of halogens is 1. The van der Waals surface area contributed by atoms with E-state index in [1.165, 1.54) is 0 Å². The molecule has 0 radical (unpaired) electrons. The van der Waals surface area contributed by atoms with Crippen molar-refractivity contribution in [2.75, 3.05) is 18.1 Å². The van der Waals surface area contributed by atoms with Gasteiger partial charge in [0.25, 0.3) is 0 Å². The van der Waals surface area contributed by atoms with Gasteiger partial charge < -0.3 is 10.0 Å². The van der Waals surface area contributed by atoms with Gasteiger partial charge in [0.15, 0.2) is 0 Å². The molecule has 1 fully saturated rings. The van der Waals surface area contributed by atoms with E-state index in [0.29, 0.717) is 5.92 Å². The normalized spacial score (nSPS) is 23.1. The van der Waals surface area contributed by atoms with E-state index >= 15 is 0 Å². The zero-order chi connectivity index (χ0) is 12.6. The highest BCUT2D eigenvalue weighted by Gasteiger charge is 2.38. The smallest absolute Gasteiger partial charge is 0.0477 e. The van der Waals surface area contributed by atoms with E-state index in [0.717, 1.165) is 29.2 Å². The summed E-state index contributed by atoms with van der Waals surface area (Å²) in [5, 5.41) is 10.1. The van der Waals surface area contributed by atoms with Gasteiger partial charge >= 0.3 is 0 Å². The van der Waals surface area contributed by atoms with E-state index in [1.807, 2.05) is 13.0 Å². The molecule has 3 heteroatoms. The van der Waals surface area contributed by atoms with Gasteiger partial charge in [0.1, 0.15) is 0 Å². The maximum Gasteiger partial charge on any atom is 0.0477 e. The number of anilines is 1. The van der Waals surface area contributed by atoms with E-state index in [2.05, 4.69) is 30.9 Å². The van der Waals surface area contributed by atoms with Crippen molar-refractivity contribution in [2.45, 2.75) is 32.7 Å². The second-order valence-electron chi connectivity index (χ2n) is 5.61. The molecule has 2 nitrogen and oxygen atoms in total. The average molecular weight is 254 g/mol. The first kappa shape index (κ1) is 12.7. The number of hydrogen-bond acceptors (Lipinski definition) is 2. The number of benzene rings is 1. The fraction of sp³-hybridized carbons (Fsp3) is 0.571. The summed E-state index contributed by atoms with van der Waals surface area (Å²) in [5.41, 5.74) is 2.35. The van der Waals surface area contributed by atoms with Gasteiger partial charge in [0, 0.05) is 35.3 Å². The summed E-state index contributed by atoms with van der Waals surface area (Å²) in [6.07, 6.45) is 1.02. The highest BCUT2D eigenvalue weighted by Crippen LogP contribution is 2.37. The summed E-state index contributed by atoms with van der Waals surface area (Å²) in [6, 6.07) is 6.20. The fourth-order valence-corrected chi connectivity index (χ4v) is 2.89. The van der Waals surface area contributed by atoms with Gasteiger partial charge in [-0.15, -0.1) is 0 Å². The van der Waals surface area contributed by atoms with Crippen LogP contribution in [0.5, 0.6) is 0 Å². The molecule has 0 aliphatic carbocycles. The Morgan fingerprint density at radius 2 is 2.18 bits per heavy atom. The topological polar surface area (TPSA) is 23.5 Å². The Morgan fingerprint density at radius 1 is 1.47 bits per heavy atom. The zero-order valence-corrected chi connectivity index (χ0v) is 11.5. The molecule has 0 amide bonds. The summed E-state index contributed by atoms with van der Waals surface area (Å²) in [6.45, 7) is 7.62. The molecule has 1 aromatic rings. The van der Waals surface area contributed by atoms with Crippen LogP contribution in [0.1, 0.15) is 25.8 Å². The number of aliphatic hydroxyl groups is 1. The van der Waals surface area contributed by atoms with Crippen LogP contribution in [0.3, 0.4) is 0 Å². The average Bonchev–Trinajstić information content (AvgIpc) is 2.58. The van der Waals surface area contributed by atoms with E-state index in [4.69, 9.17) is 11.6 Å². The first-order chi connectivity index (χ1) is 7.94. The molecule has 0 aromatic heterocycles. The van der Waals surface area contributed by atoms with Crippen LogP contribution in [0, 0.1) is 12.8 Å². The third-order valence-corrected chi connectivity index (χ3v) is 4.09. The minimum Gasteiger partial charge on any atom is -0.396 e. The lowest BCUT2D eigenvalue weighted by Gasteiger charge is -2.33. The Kier molecular flexibility index (Phi) is 3.37. The summed E-state index contributed by atoms with van der Waals surface area (Å²) < 4.78 is 0. The predicted octanol–water partition coefficient (Wildman–Crippen LogP) is 3.25. The third-order valence-electron chi connectivity index (χ3n) is 3.68. The minimum atomic E-state index is 0.0893. The monoisotopic (exact) mass is 253 g/mol. The van der Waals surface area contributed by atoms with E-state index in [-0.39, 0.29) is 12.1 Å². The van der Waals surface area contributed by atoms with Crippen molar-refractivity contribution in [1.82, 2.24) is 0 Å². The van der Waals surface area contributed by atoms with E-state index < -0.39 is 0 Å². The Morgan fingerprint density at radius 3 is 2.71 bits per heavy atom. The first-order valence-corrected chi connectivity index (χ1v) is 6.46. The summed E-state index contributed by atoms with van der Waals surface area (Å²) in [7, 11) is 0. The van der Waals surface area contributed by atoms with Gasteiger partial charge in [-0.05, 0) is 44.9 Å². The molecule has 0 bridgehead atoms. The fourth-order valence-electron chi connectivity index (χ4n) is 2.71. The lowest BCUT2D eigenvalue weighted by Crippen LogP contribution is -2.38. The largest absolute Gasteiger partial charge is 0.396 e. The Bertz CT molecular complexity index is 417. The van der Waals surface area contributed by atoms with Gasteiger partial charge in [0.05, 0.1) is 0 Å². The molecule has 0 spiro atoms. The number of hydrogen-bond donors (Lipinski definition) is 1. The molecule has 1 atom stereocenters. The van der Waals surface area contributed by atoms with Crippen molar-refractivity contribution in [3.63, 3.8) is 0 Å². The van der Waals surface area contributed by atoms with Crippen molar-refractivity contribution in [3.8, 4) is 0 Å². The SMILES string of the molecule is Cc1ccc(N2CC(CO)CC2(C)C)cc1Cl. The number of aryl methyl sites for hydroxylation is 1. The number of aliphatic hydroxyl groups excluding tert-OH is 1. The Labute approximate surface area is 108 Å². The third kappa shape index (κ3) is 2.43. The lowest BCUT2D eigenvalue weighted by atomic mass is 9.97. The van der Waals surface area contributed by atoms with Crippen LogP contribution in [-0.2, 0) is 0 Å². The van der Waals surface area contributed by atoms with Crippen LogP contribution >= 0.6 is 11.6 Å². The van der Waals surface area contributed by atoms with Crippen molar-refractivity contribution >= 4 is 17.3 Å². The highest BCUT2D eigenvalue weighted by molar-refractivity contribution is 6.31. The minimum absolute atomic E-state index is 0.0893. The van der Waals surface area contributed by atoms with Gasteiger partial charge in [0.2, 0.25) is 0 Å². The van der Waals surface area contributed by atoms with Crippen LogP contribution in [0.2, 0.25) is 5.02 Å². The van der Waals surface area contributed by atoms with Gasteiger partial charge in [-0.2, -0.15) is 0 Å². The Hall–Kier alpha value is -0.730. The molecule has 2 rings (SSSR count). The number of nitrogens with zero attached hydrogens (tertiary/aromatic N) is 1. The van der Waals surface area contributed by atoms with Crippen LogP contribution in [-0.4, -0.2) is 23.8 Å². The molecule has 1 heterocycles. The maximum absolute atomic E-state index is 9.31. The number of rotatable bonds is 2. The van der Waals surface area contributed by atoms with Crippen LogP contribution in [0.25, 0.3) is 0 Å². The zero-order valence-electron chi connectivity index (χ0n) is 10.7. The van der Waals surface area contributed by atoms with Gasteiger partial charge in [-0.3, -0.25) is 0 Å². The van der Waals surface area contributed by atoms with E-state index in [9.17, 15) is 5.11 Å². The van der Waals surface area contributed by atoms with Crippen LogP contribution in [0.15, 0.2) is 18.2 Å². The molecule has 1 aliphatic rings. The molecule has 1 saturated heterocycles. The van der Waals surface area contributed by atoms with Crippen molar-refractivity contribution in [1.29, 1.82) is 0 Å². The molecule has 17 heavy (non-hydrogen) atoms. The lowest BCUT2D eigenvalue weighted by molar-refractivity contribution is 0.232. The summed E-state index contributed by atoms with van der Waals surface area (Å²) >= 11 is 6.18. The predicted molar refractivity (Wildman–Crippen MR) is 72.8 cm³/mol. The maximum atomic E-state index is 9.31. The van der Waals surface area contributed by atoms with Crippen molar-refractivity contribution in [2.24, 2.45) is 5.92 Å². The standard InChI is InChI=1S/C14H20ClNO/c1-10-4-5-12(6-13(10)15)16-8-11(9-17)7-14(16,2)3/h4-6,11,17H,7-9H2,1-3H3.